The van der Waals surface area contributed by atoms with Crippen molar-refractivity contribution in [3.05, 3.63) is 108 Å². The van der Waals surface area contributed by atoms with Crippen molar-refractivity contribution in [2.75, 3.05) is 26.4 Å². The van der Waals surface area contributed by atoms with Crippen LogP contribution in [0.5, 0.6) is 0 Å². The van der Waals surface area contributed by atoms with Crippen molar-refractivity contribution in [3.63, 3.8) is 0 Å². The van der Waals surface area contributed by atoms with Crippen LogP contribution in [0.25, 0.3) is 0 Å². The SMILES string of the molecule is CCCO[C@H]1[C@@H](O)[C@@H](CO)O[C@@H](O[C@@H]2[C@H](OC(=O)c3ccccc3)[C@@H](OC(=O)c3ccccc3)[C@@H](OCC[Si](C)(C)C)O[C@@H]2COC(=O)c2ccccc2)[C@@H]1O. The van der Waals surface area contributed by atoms with E-state index in [2.05, 4.69) is 19.6 Å². The van der Waals surface area contributed by atoms with E-state index in [1.807, 2.05) is 6.92 Å². The molecule has 0 unspecified atom stereocenters. The van der Waals surface area contributed by atoms with E-state index in [1.165, 1.54) is 0 Å². The fourth-order valence-electron chi connectivity index (χ4n) is 6.17. The van der Waals surface area contributed by atoms with Gasteiger partial charge >= 0.3 is 17.9 Å². The zero-order chi connectivity index (χ0) is 40.2. The maximum absolute atomic E-state index is 13.9. The molecule has 10 atom stereocenters. The van der Waals surface area contributed by atoms with Gasteiger partial charge in [-0.25, -0.2) is 14.4 Å². The van der Waals surface area contributed by atoms with Crippen molar-refractivity contribution in [2.45, 2.75) is 100 Å². The second-order valence-corrected chi connectivity index (χ2v) is 20.4. The predicted molar refractivity (Wildman–Crippen MR) is 203 cm³/mol. The standard InChI is InChI=1S/C41H52O14Si/c1-5-21-48-34-31(43)29(24-42)51-40(32(34)44)55-33-30(25-50-37(45)26-15-9-6-10-16-26)52-41(49-22-23-56(2,3)4)36(54-39(47)28-19-13-8-14-20-28)35(33)53-38(46)27-17-11-7-12-18-27/h6-20,29-36,40-44H,5,21-25H2,1-4H3/t29-,30-,31+,32-,33+,34+,35+,36-,40+,41+/m1/s1. The summed E-state index contributed by atoms with van der Waals surface area (Å²) in [7, 11) is -1.67. The molecule has 2 saturated heterocycles. The topological polar surface area (TPSA) is 186 Å². The van der Waals surface area contributed by atoms with E-state index in [9.17, 15) is 29.7 Å². The minimum Gasteiger partial charge on any atom is -0.459 e. The van der Waals surface area contributed by atoms with Crippen molar-refractivity contribution < 1.29 is 67.6 Å². The summed E-state index contributed by atoms with van der Waals surface area (Å²) in [5, 5.41) is 32.6. The van der Waals surface area contributed by atoms with Gasteiger partial charge in [0.1, 0.15) is 43.2 Å². The van der Waals surface area contributed by atoms with Crippen LogP contribution in [0.3, 0.4) is 0 Å². The Morgan fingerprint density at radius 1 is 0.625 bits per heavy atom. The van der Waals surface area contributed by atoms with Crippen molar-refractivity contribution in [3.8, 4) is 0 Å². The molecule has 2 heterocycles. The molecule has 3 aromatic rings. The Morgan fingerprint density at radius 3 is 1.66 bits per heavy atom. The summed E-state index contributed by atoms with van der Waals surface area (Å²) in [6.45, 7) is 7.56. The van der Waals surface area contributed by atoms with Gasteiger partial charge in [0.05, 0.1) is 23.3 Å². The lowest BCUT2D eigenvalue weighted by molar-refractivity contribution is -0.359. The molecule has 3 aromatic carbocycles. The highest BCUT2D eigenvalue weighted by Gasteiger charge is 2.55. The van der Waals surface area contributed by atoms with Crippen LogP contribution in [-0.4, -0.2) is 129 Å². The minimum atomic E-state index is -1.67. The van der Waals surface area contributed by atoms with Crippen molar-refractivity contribution >= 4 is 26.0 Å². The van der Waals surface area contributed by atoms with Crippen molar-refractivity contribution in [2.24, 2.45) is 0 Å². The van der Waals surface area contributed by atoms with Crippen LogP contribution in [-0.2, 0) is 37.9 Å². The summed E-state index contributed by atoms with van der Waals surface area (Å²) in [6.07, 6.45) is -13.8. The average Bonchev–Trinajstić information content (AvgIpc) is 3.20. The maximum atomic E-state index is 13.9. The number of hydrogen-bond donors (Lipinski definition) is 3. The first kappa shape index (κ1) is 43.1. The van der Waals surface area contributed by atoms with Gasteiger partial charge in [-0.1, -0.05) is 81.2 Å². The highest BCUT2D eigenvalue weighted by Crippen LogP contribution is 2.35. The molecule has 15 heteroatoms. The molecule has 5 rings (SSSR count). The smallest absolute Gasteiger partial charge is 0.338 e. The number of esters is 3. The minimum absolute atomic E-state index is 0.166. The van der Waals surface area contributed by atoms with Gasteiger partial charge in [0.15, 0.2) is 24.8 Å². The second kappa shape index (κ2) is 20.4. The van der Waals surface area contributed by atoms with Crippen LogP contribution in [0.2, 0.25) is 25.7 Å². The zero-order valence-electron chi connectivity index (χ0n) is 32.0. The highest BCUT2D eigenvalue weighted by atomic mass is 28.3. The summed E-state index contributed by atoms with van der Waals surface area (Å²) in [5.41, 5.74) is 0.617. The summed E-state index contributed by atoms with van der Waals surface area (Å²) in [5.74, 6) is -2.28. The Labute approximate surface area is 327 Å². The largest absolute Gasteiger partial charge is 0.459 e. The van der Waals surface area contributed by atoms with Crippen LogP contribution < -0.4 is 0 Å². The first-order chi connectivity index (χ1) is 26.9. The van der Waals surface area contributed by atoms with E-state index in [4.69, 9.17) is 37.9 Å². The molecule has 0 radical (unpaired) electrons. The van der Waals surface area contributed by atoms with E-state index in [1.54, 1.807) is 91.0 Å². The van der Waals surface area contributed by atoms with E-state index in [0.29, 0.717) is 12.5 Å². The third-order valence-corrected chi connectivity index (χ3v) is 11.0. The predicted octanol–water partition coefficient (Wildman–Crippen LogP) is 3.99. The van der Waals surface area contributed by atoms with E-state index in [0.717, 1.165) is 0 Å². The van der Waals surface area contributed by atoms with Gasteiger partial charge in [-0.3, -0.25) is 0 Å². The Balaban J connectivity index is 1.57. The van der Waals surface area contributed by atoms with Gasteiger partial charge in [-0.05, 0) is 48.9 Å². The molecule has 0 bridgehead atoms. The Hall–Kier alpha value is -4.03. The van der Waals surface area contributed by atoms with Crippen molar-refractivity contribution in [1.82, 2.24) is 0 Å². The Morgan fingerprint density at radius 2 is 1.14 bits per heavy atom. The summed E-state index contributed by atoms with van der Waals surface area (Å²) >= 11 is 0. The fourth-order valence-corrected chi connectivity index (χ4v) is 6.90. The number of rotatable bonds is 17. The third-order valence-electron chi connectivity index (χ3n) is 9.25. The molecule has 0 aromatic heterocycles. The van der Waals surface area contributed by atoms with E-state index >= 15 is 0 Å². The zero-order valence-corrected chi connectivity index (χ0v) is 33.0. The number of carbonyl (C=O) groups excluding carboxylic acids is 3. The molecule has 304 valence electrons. The molecule has 0 amide bonds. The van der Waals surface area contributed by atoms with Crippen LogP contribution in [0.1, 0.15) is 44.4 Å². The molecule has 2 aliphatic heterocycles. The third kappa shape index (κ3) is 11.5. The molecule has 2 fully saturated rings. The van der Waals surface area contributed by atoms with Crippen molar-refractivity contribution in [1.29, 1.82) is 0 Å². The monoisotopic (exact) mass is 796 g/mol. The lowest BCUT2D eigenvalue weighted by atomic mass is 9.96. The summed E-state index contributed by atoms with van der Waals surface area (Å²) in [4.78, 5) is 40.9. The Kier molecular flexibility index (Phi) is 15.7. The highest BCUT2D eigenvalue weighted by molar-refractivity contribution is 6.76. The van der Waals surface area contributed by atoms with Gasteiger partial charge < -0.3 is 53.2 Å². The summed E-state index contributed by atoms with van der Waals surface area (Å²) < 4.78 is 48.9. The van der Waals surface area contributed by atoms with Gasteiger partial charge in [0.25, 0.3) is 0 Å². The quantitative estimate of drug-likeness (QED) is 0.101. The number of ether oxygens (including phenoxy) is 8. The molecule has 0 spiro atoms. The fraction of sp³-hybridized carbons (Fsp3) is 0.488. The van der Waals surface area contributed by atoms with Crippen LogP contribution in [0, 0.1) is 0 Å². The number of aliphatic hydroxyl groups excluding tert-OH is 3. The first-order valence-electron chi connectivity index (χ1n) is 18.8. The molecular formula is C41H52O14Si. The van der Waals surface area contributed by atoms with Gasteiger partial charge in [-0.2, -0.15) is 0 Å². The number of benzene rings is 3. The van der Waals surface area contributed by atoms with Gasteiger partial charge in [-0.15, -0.1) is 0 Å². The average molecular weight is 797 g/mol. The molecule has 14 nitrogen and oxygen atoms in total. The van der Waals surface area contributed by atoms with Crippen LogP contribution in [0.4, 0.5) is 0 Å². The lowest BCUT2D eigenvalue weighted by Crippen LogP contribution is -2.66. The number of hydrogen-bond acceptors (Lipinski definition) is 14. The maximum Gasteiger partial charge on any atom is 0.338 e. The first-order valence-corrected chi connectivity index (χ1v) is 22.5. The molecular weight excluding hydrogens is 745 g/mol. The molecule has 3 N–H and O–H groups in total. The molecule has 56 heavy (non-hydrogen) atoms. The van der Waals surface area contributed by atoms with Gasteiger partial charge in [0.2, 0.25) is 0 Å². The lowest BCUT2D eigenvalue weighted by Gasteiger charge is -2.48. The molecule has 0 saturated carbocycles. The normalized spacial score (nSPS) is 27.9. The van der Waals surface area contributed by atoms with Crippen LogP contribution in [0.15, 0.2) is 91.0 Å². The number of carbonyl (C=O) groups is 3. The van der Waals surface area contributed by atoms with Gasteiger partial charge in [0, 0.05) is 21.3 Å². The van der Waals surface area contributed by atoms with E-state index < -0.39 is 101 Å². The molecule has 0 aliphatic carbocycles. The molecule has 2 aliphatic rings. The Bertz CT molecular complexity index is 1670. The second-order valence-electron chi connectivity index (χ2n) is 14.8. The number of aliphatic hydroxyl groups is 3. The van der Waals surface area contributed by atoms with Crippen LogP contribution >= 0.6 is 0 Å². The van der Waals surface area contributed by atoms with E-state index in [-0.39, 0.29) is 29.9 Å². The summed E-state index contributed by atoms with van der Waals surface area (Å²) in [6, 6.07) is 25.2.